The van der Waals surface area contributed by atoms with Crippen LogP contribution in [-0.4, -0.2) is 16.5 Å². The van der Waals surface area contributed by atoms with Crippen molar-refractivity contribution in [2.75, 3.05) is 0 Å². The van der Waals surface area contributed by atoms with Crippen molar-refractivity contribution in [3.63, 3.8) is 0 Å². The predicted molar refractivity (Wildman–Crippen MR) is 74.4 cm³/mol. The van der Waals surface area contributed by atoms with Gasteiger partial charge in [-0.15, -0.1) is 0 Å². The Hall–Kier alpha value is -1.84. The molecule has 3 nitrogen and oxygen atoms in total. The number of benzene rings is 1. The third-order valence-electron chi connectivity index (χ3n) is 3.18. The SMILES string of the molecule is CCCC(C)NC(=O)Cn1ccc2cc(F)ccc21. The van der Waals surface area contributed by atoms with Gasteiger partial charge in [0.25, 0.3) is 0 Å². The van der Waals surface area contributed by atoms with Gasteiger partial charge in [-0.2, -0.15) is 0 Å². The summed E-state index contributed by atoms with van der Waals surface area (Å²) in [5, 5.41) is 3.78. The summed E-state index contributed by atoms with van der Waals surface area (Å²) in [6, 6.07) is 6.60. The monoisotopic (exact) mass is 262 g/mol. The minimum atomic E-state index is -0.258. The summed E-state index contributed by atoms with van der Waals surface area (Å²) in [7, 11) is 0. The average Bonchev–Trinajstić information content (AvgIpc) is 2.71. The van der Waals surface area contributed by atoms with E-state index in [1.54, 1.807) is 6.07 Å². The molecule has 4 heteroatoms. The molecule has 102 valence electrons. The van der Waals surface area contributed by atoms with Crippen LogP contribution in [-0.2, 0) is 11.3 Å². The van der Waals surface area contributed by atoms with Crippen molar-refractivity contribution in [2.24, 2.45) is 0 Å². The number of halogens is 1. The maximum Gasteiger partial charge on any atom is 0.240 e. The van der Waals surface area contributed by atoms with Crippen molar-refractivity contribution >= 4 is 16.8 Å². The van der Waals surface area contributed by atoms with Gasteiger partial charge in [0.1, 0.15) is 12.4 Å². The Labute approximate surface area is 112 Å². The van der Waals surface area contributed by atoms with Gasteiger partial charge in [0.15, 0.2) is 0 Å². The zero-order valence-corrected chi connectivity index (χ0v) is 11.3. The third-order valence-corrected chi connectivity index (χ3v) is 3.18. The average molecular weight is 262 g/mol. The lowest BCUT2D eigenvalue weighted by molar-refractivity contribution is -0.122. The van der Waals surface area contributed by atoms with Crippen LogP contribution in [0.4, 0.5) is 4.39 Å². The van der Waals surface area contributed by atoms with Crippen LogP contribution in [0.25, 0.3) is 10.9 Å². The lowest BCUT2D eigenvalue weighted by Gasteiger charge is -2.13. The van der Waals surface area contributed by atoms with Gasteiger partial charge in [0.05, 0.1) is 0 Å². The Balaban J connectivity index is 2.07. The Bertz CT molecular complexity index is 577. The van der Waals surface area contributed by atoms with Crippen LogP contribution in [0.5, 0.6) is 0 Å². The van der Waals surface area contributed by atoms with E-state index in [0.717, 1.165) is 23.7 Å². The van der Waals surface area contributed by atoms with E-state index < -0.39 is 0 Å². The number of aromatic nitrogens is 1. The number of fused-ring (bicyclic) bond motifs is 1. The lowest BCUT2D eigenvalue weighted by Crippen LogP contribution is -2.34. The van der Waals surface area contributed by atoms with Gasteiger partial charge in [0, 0.05) is 23.1 Å². The third kappa shape index (κ3) is 3.34. The van der Waals surface area contributed by atoms with Crippen molar-refractivity contribution in [3.8, 4) is 0 Å². The molecule has 0 bridgehead atoms. The van der Waals surface area contributed by atoms with E-state index in [4.69, 9.17) is 0 Å². The first-order chi connectivity index (χ1) is 9.10. The molecule has 0 radical (unpaired) electrons. The summed E-state index contributed by atoms with van der Waals surface area (Å²) in [6.45, 7) is 4.37. The van der Waals surface area contributed by atoms with E-state index in [-0.39, 0.29) is 24.3 Å². The molecule has 0 fully saturated rings. The maximum atomic E-state index is 13.1. The Morgan fingerprint density at radius 3 is 2.95 bits per heavy atom. The normalized spacial score (nSPS) is 12.6. The summed E-state index contributed by atoms with van der Waals surface area (Å²) >= 11 is 0. The highest BCUT2D eigenvalue weighted by atomic mass is 19.1. The van der Waals surface area contributed by atoms with Crippen molar-refractivity contribution in [2.45, 2.75) is 39.3 Å². The number of carbonyl (C=O) groups is 1. The van der Waals surface area contributed by atoms with Crippen LogP contribution < -0.4 is 5.32 Å². The highest BCUT2D eigenvalue weighted by molar-refractivity contribution is 5.83. The van der Waals surface area contributed by atoms with Crippen LogP contribution >= 0.6 is 0 Å². The molecule has 1 heterocycles. The van der Waals surface area contributed by atoms with Crippen LogP contribution in [0, 0.1) is 5.82 Å². The summed E-state index contributed by atoms with van der Waals surface area (Å²) in [5.74, 6) is -0.269. The minimum Gasteiger partial charge on any atom is -0.352 e. The number of nitrogens with one attached hydrogen (secondary N) is 1. The van der Waals surface area contributed by atoms with Gasteiger partial charge in [-0.25, -0.2) is 4.39 Å². The van der Waals surface area contributed by atoms with Crippen LogP contribution in [0.3, 0.4) is 0 Å². The van der Waals surface area contributed by atoms with Crippen molar-refractivity contribution in [3.05, 3.63) is 36.3 Å². The molecule has 1 aromatic heterocycles. The molecule has 0 aliphatic rings. The van der Waals surface area contributed by atoms with Crippen LogP contribution in [0.1, 0.15) is 26.7 Å². The molecule has 0 spiro atoms. The number of carbonyl (C=O) groups excluding carboxylic acids is 1. The zero-order chi connectivity index (χ0) is 13.8. The fourth-order valence-electron chi connectivity index (χ4n) is 2.29. The molecule has 2 aromatic rings. The molecule has 0 aliphatic heterocycles. The molecule has 1 amide bonds. The summed E-state index contributed by atoms with van der Waals surface area (Å²) in [5.41, 5.74) is 0.875. The van der Waals surface area contributed by atoms with Gasteiger partial charge in [-0.3, -0.25) is 4.79 Å². The molecule has 1 atom stereocenters. The minimum absolute atomic E-state index is 0.0113. The van der Waals surface area contributed by atoms with E-state index in [0.29, 0.717) is 0 Å². The first-order valence-corrected chi connectivity index (χ1v) is 6.64. The largest absolute Gasteiger partial charge is 0.352 e. The topological polar surface area (TPSA) is 34.0 Å². The molecule has 0 aliphatic carbocycles. The van der Waals surface area contributed by atoms with Crippen LogP contribution in [0.2, 0.25) is 0 Å². The molecule has 19 heavy (non-hydrogen) atoms. The Morgan fingerprint density at radius 2 is 2.21 bits per heavy atom. The van der Waals surface area contributed by atoms with E-state index in [1.165, 1.54) is 12.1 Å². The standard InChI is InChI=1S/C15H19FN2O/c1-3-4-11(2)17-15(19)10-18-8-7-12-9-13(16)5-6-14(12)18/h5-9,11H,3-4,10H2,1-2H3,(H,17,19). The highest BCUT2D eigenvalue weighted by Crippen LogP contribution is 2.16. The Morgan fingerprint density at radius 1 is 1.42 bits per heavy atom. The molecule has 0 saturated heterocycles. The van der Waals surface area contributed by atoms with E-state index >= 15 is 0 Å². The predicted octanol–water partition coefficient (Wildman–Crippen LogP) is 3.09. The van der Waals surface area contributed by atoms with Crippen molar-refractivity contribution in [1.82, 2.24) is 9.88 Å². The second-order valence-electron chi connectivity index (χ2n) is 4.90. The Kier molecular flexibility index (Phi) is 4.20. The van der Waals surface area contributed by atoms with Crippen molar-refractivity contribution in [1.29, 1.82) is 0 Å². The van der Waals surface area contributed by atoms with Crippen molar-refractivity contribution < 1.29 is 9.18 Å². The molecule has 0 saturated carbocycles. The van der Waals surface area contributed by atoms with E-state index in [9.17, 15) is 9.18 Å². The smallest absolute Gasteiger partial charge is 0.240 e. The van der Waals surface area contributed by atoms with E-state index in [1.807, 2.05) is 23.8 Å². The zero-order valence-electron chi connectivity index (χ0n) is 11.3. The number of hydrogen-bond donors (Lipinski definition) is 1. The van der Waals surface area contributed by atoms with Crippen LogP contribution in [0.15, 0.2) is 30.5 Å². The number of rotatable bonds is 5. The number of hydrogen-bond acceptors (Lipinski definition) is 1. The van der Waals surface area contributed by atoms with Gasteiger partial charge >= 0.3 is 0 Å². The second-order valence-corrected chi connectivity index (χ2v) is 4.90. The summed E-state index contributed by atoms with van der Waals surface area (Å²) < 4.78 is 14.9. The molecule has 1 aromatic carbocycles. The first kappa shape index (κ1) is 13.6. The molecule has 2 rings (SSSR count). The summed E-state index contributed by atoms with van der Waals surface area (Å²) in [6.07, 6.45) is 3.84. The molecular weight excluding hydrogens is 243 g/mol. The maximum absolute atomic E-state index is 13.1. The number of nitrogens with zero attached hydrogens (tertiary/aromatic N) is 1. The highest BCUT2D eigenvalue weighted by Gasteiger charge is 2.09. The number of amides is 1. The molecule has 1 N–H and O–H groups in total. The summed E-state index contributed by atoms with van der Waals surface area (Å²) in [4.78, 5) is 11.9. The fraction of sp³-hybridized carbons (Fsp3) is 0.400. The van der Waals surface area contributed by atoms with Gasteiger partial charge in [-0.05, 0) is 37.6 Å². The van der Waals surface area contributed by atoms with Gasteiger partial charge in [0.2, 0.25) is 5.91 Å². The first-order valence-electron chi connectivity index (χ1n) is 6.64. The van der Waals surface area contributed by atoms with Gasteiger partial charge < -0.3 is 9.88 Å². The van der Waals surface area contributed by atoms with E-state index in [2.05, 4.69) is 12.2 Å². The molecule has 1 unspecified atom stereocenters. The van der Waals surface area contributed by atoms with Gasteiger partial charge in [-0.1, -0.05) is 13.3 Å². The quantitative estimate of drug-likeness (QED) is 0.882. The molecular formula is C15H19FN2O. The lowest BCUT2D eigenvalue weighted by atomic mass is 10.2. The fourth-order valence-corrected chi connectivity index (χ4v) is 2.29. The second kappa shape index (κ2) is 5.87.